The van der Waals surface area contributed by atoms with Crippen LogP contribution in [0.2, 0.25) is 0 Å². The topological polar surface area (TPSA) is 63.7 Å². The molecule has 1 amide bonds. The Morgan fingerprint density at radius 1 is 1.27 bits per heavy atom. The van der Waals surface area contributed by atoms with E-state index in [1.165, 1.54) is 12.1 Å². The van der Waals surface area contributed by atoms with Crippen LogP contribution >= 0.6 is 0 Å². The summed E-state index contributed by atoms with van der Waals surface area (Å²) in [6.45, 7) is 6.25. The molecule has 0 bridgehead atoms. The molecule has 0 saturated carbocycles. The zero-order valence-electron chi connectivity index (χ0n) is 12.9. The van der Waals surface area contributed by atoms with Crippen LogP contribution in [0.5, 0.6) is 0 Å². The molecule has 0 spiro atoms. The summed E-state index contributed by atoms with van der Waals surface area (Å²) in [6, 6.07) is 4.14. The third-order valence-corrected chi connectivity index (χ3v) is 4.16. The lowest BCUT2D eigenvalue weighted by Gasteiger charge is -2.26. The zero-order valence-corrected chi connectivity index (χ0v) is 13.7. The van der Waals surface area contributed by atoms with Gasteiger partial charge in [-0.3, -0.25) is 0 Å². The quantitative estimate of drug-likeness (QED) is 0.743. The van der Waals surface area contributed by atoms with Crippen LogP contribution in [0.1, 0.15) is 38.3 Å². The number of carbonyl (C=O) groups is 1. The van der Waals surface area contributed by atoms with Gasteiger partial charge in [0.15, 0.2) is 0 Å². The molecule has 1 aliphatic rings. The molecule has 0 N–H and O–H groups in total. The Balaban J connectivity index is 2.23. The van der Waals surface area contributed by atoms with Gasteiger partial charge in [-0.05, 0) is 56.9 Å². The minimum Gasteiger partial charge on any atom is -0.444 e. The zero-order chi connectivity index (χ0) is 16.5. The summed E-state index contributed by atoms with van der Waals surface area (Å²) in [7, 11) is -4.71. The van der Waals surface area contributed by atoms with Crippen molar-refractivity contribution in [1.82, 2.24) is 4.90 Å². The highest BCUT2D eigenvalue weighted by Gasteiger charge is 2.25. The number of rotatable bonds is 1. The summed E-state index contributed by atoms with van der Waals surface area (Å²) in [5, 5.41) is 0. The average Bonchev–Trinajstić information content (AvgIpc) is 2.56. The van der Waals surface area contributed by atoms with Crippen molar-refractivity contribution in [3.63, 3.8) is 0 Å². The maximum Gasteiger partial charge on any atom is 0.410 e. The second-order valence-electron chi connectivity index (χ2n) is 6.37. The summed E-state index contributed by atoms with van der Waals surface area (Å²) in [5.74, 6) is 0. The Morgan fingerprint density at radius 2 is 1.95 bits per heavy atom. The predicted octanol–water partition coefficient (Wildman–Crippen LogP) is 3.03. The number of benzene rings is 1. The second kappa shape index (κ2) is 5.87. The number of nitrogens with zero attached hydrogens (tertiary/aromatic N) is 1. The van der Waals surface area contributed by atoms with Crippen LogP contribution in [0.3, 0.4) is 0 Å². The fraction of sp³-hybridized carbons (Fsp3) is 0.533. The number of fused-ring (bicyclic) bond motifs is 1. The molecule has 0 fully saturated rings. The highest BCUT2D eigenvalue weighted by atomic mass is 32.3. The summed E-state index contributed by atoms with van der Waals surface area (Å²) < 4.78 is 40.4. The molecule has 1 aliphatic heterocycles. The fourth-order valence-corrected chi connectivity index (χ4v) is 2.88. The molecule has 7 heteroatoms. The van der Waals surface area contributed by atoms with Crippen molar-refractivity contribution < 1.29 is 21.8 Å². The Labute approximate surface area is 130 Å². The number of hydrogen-bond acceptors (Lipinski definition) is 4. The van der Waals surface area contributed by atoms with Crippen molar-refractivity contribution in [2.45, 2.75) is 50.7 Å². The van der Waals surface area contributed by atoms with E-state index in [9.17, 15) is 17.1 Å². The van der Waals surface area contributed by atoms with Crippen molar-refractivity contribution in [2.24, 2.45) is 0 Å². The van der Waals surface area contributed by atoms with Gasteiger partial charge in [0.25, 0.3) is 0 Å². The van der Waals surface area contributed by atoms with Gasteiger partial charge in [-0.2, -0.15) is 8.42 Å². The average molecular weight is 329 g/mol. The highest BCUT2D eigenvalue weighted by molar-refractivity contribution is 7.86. The van der Waals surface area contributed by atoms with Crippen LogP contribution in [-0.2, 0) is 27.9 Å². The molecule has 1 aromatic rings. The Morgan fingerprint density at radius 3 is 2.55 bits per heavy atom. The monoisotopic (exact) mass is 329 g/mol. The molecule has 2 rings (SSSR count). The van der Waals surface area contributed by atoms with E-state index in [0.717, 1.165) is 11.1 Å². The van der Waals surface area contributed by atoms with E-state index >= 15 is 0 Å². The molecule has 1 heterocycles. The molecule has 5 nitrogen and oxygen atoms in total. The number of ether oxygens (including phenoxy) is 1. The minimum atomic E-state index is -4.71. The van der Waals surface area contributed by atoms with Gasteiger partial charge in [-0.25, -0.2) is 4.79 Å². The number of carbonyl (C=O) groups excluding carboxylic acids is 1. The van der Waals surface area contributed by atoms with Gasteiger partial charge in [-0.15, -0.1) is 3.89 Å². The van der Waals surface area contributed by atoms with E-state index < -0.39 is 21.9 Å². The minimum absolute atomic E-state index is 0.330. The maximum atomic E-state index is 13.1. The van der Waals surface area contributed by atoms with Gasteiger partial charge < -0.3 is 9.64 Å². The SMILES string of the molecule is CC(C)(C)OC(=O)N1CCCc2cc(S(=O)(=O)F)ccc2C1. The lowest BCUT2D eigenvalue weighted by atomic mass is 10.0. The molecule has 0 aromatic heterocycles. The third kappa shape index (κ3) is 4.19. The van der Waals surface area contributed by atoms with E-state index in [4.69, 9.17) is 4.74 Å². The van der Waals surface area contributed by atoms with E-state index in [-0.39, 0.29) is 4.90 Å². The first-order chi connectivity index (χ1) is 10.1. The first-order valence-electron chi connectivity index (χ1n) is 7.11. The molecule has 0 atom stereocenters. The normalized spacial score (nSPS) is 15.9. The van der Waals surface area contributed by atoms with Crippen molar-refractivity contribution >= 4 is 16.3 Å². The second-order valence-corrected chi connectivity index (χ2v) is 7.72. The summed E-state index contributed by atoms with van der Waals surface area (Å²) >= 11 is 0. The van der Waals surface area contributed by atoms with Gasteiger partial charge >= 0.3 is 16.3 Å². The van der Waals surface area contributed by atoms with Gasteiger partial charge in [0, 0.05) is 13.1 Å². The predicted molar refractivity (Wildman–Crippen MR) is 79.7 cm³/mol. The highest BCUT2D eigenvalue weighted by Crippen LogP contribution is 2.24. The molecule has 22 heavy (non-hydrogen) atoms. The van der Waals surface area contributed by atoms with Crippen molar-refractivity contribution in [2.75, 3.05) is 6.54 Å². The standard InChI is InChI=1S/C15H20FNO4S/c1-15(2,3)21-14(18)17-8-4-5-11-9-13(22(16,19)20)7-6-12(11)10-17/h6-7,9H,4-5,8,10H2,1-3H3. The smallest absolute Gasteiger partial charge is 0.410 e. The molecule has 0 unspecified atom stereocenters. The number of halogens is 1. The third-order valence-electron chi connectivity index (χ3n) is 3.35. The van der Waals surface area contributed by atoms with E-state index in [0.29, 0.717) is 25.9 Å². The molecular weight excluding hydrogens is 309 g/mol. The van der Waals surface area contributed by atoms with E-state index in [1.807, 2.05) is 0 Å². The first kappa shape index (κ1) is 16.7. The van der Waals surface area contributed by atoms with Crippen molar-refractivity contribution in [3.8, 4) is 0 Å². The van der Waals surface area contributed by atoms with Gasteiger partial charge in [-0.1, -0.05) is 6.07 Å². The number of amides is 1. The number of aryl methyl sites for hydroxylation is 1. The van der Waals surface area contributed by atoms with Gasteiger partial charge in [0.1, 0.15) is 5.60 Å². The van der Waals surface area contributed by atoms with Crippen molar-refractivity contribution in [1.29, 1.82) is 0 Å². The lowest BCUT2D eigenvalue weighted by molar-refractivity contribution is 0.0237. The Hall–Kier alpha value is -1.63. The molecule has 0 radical (unpaired) electrons. The van der Waals surface area contributed by atoms with Crippen molar-refractivity contribution in [3.05, 3.63) is 29.3 Å². The lowest BCUT2D eigenvalue weighted by Crippen LogP contribution is -2.36. The largest absolute Gasteiger partial charge is 0.444 e. The molecule has 122 valence electrons. The maximum absolute atomic E-state index is 13.1. The van der Waals surface area contributed by atoms with Crippen LogP contribution in [-0.4, -0.2) is 31.6 Å². The van der Waals surface area contributed by atoms with E-state index in [2.05, 4.69) is 0 Å². The van der Waals surface area contributed by atoms with Gasteiger partial charge in [0.2, 0.25) is 0 Å². The van der Waals surface area contributed by atoms with Crippen LogP contribution in [0.4, 0.5) is 8.68 Å². The van der Waals surface area contributed by atoms with Crippen LogP contribution < -0.4 is 0 Å². The van der Waals surface area contributed by atoms with Gasteiger partial charge in [0.05, 0.1) is 4.90 Å². The summed E-state index contributed by atoms with van der Waals surface area (Å²) in [6.07, 6.45) is 0.863. The Kier molecular flexibility index (Phi) is 4.47. The van der Waals surface area contributed by atoms with E-state index in [1.54, 1.807) is 31.7 Å². The Bertz CT molecular complexity index is 679. The first-order valence-corrected chi connectivity index (χ1v) is 8.49. The molecule has 0 saturated heterocycles. The molecule has 0 aliphatic carbocycles. The van der Waals surface area contributed by atoms with Crippen LogP contribution in [0.25, 0.3) is 0 Å². The molecule has 1 aromatic carbocycles. The summed E-state index contributed by atoms with van der Waals surface area (Å²) in [5.41, 5.74) is 0.999. The fourth-order valence-electron chi connectivity index (χ4n) is 2.37. The molecular formula is C15H20FNO4S. The summed E-state index contributed by atoms with van der Waals surface area (Å²) in [4.78, 5) is 13.4. The number of hydrogen-bond donors (Lipinski definition) is 0. The van der Waals surface area contributed by atoms with Crippen LogP contribution in [0.15, 0.2) is 23.1 Å². The van der Waals surface area contributed by atoms with Crippen LogP contribution in [0, 0.1) is 0 Å².